The lowest BCUT2D eigenvalue weighted by Crippen LogP contribution is -2.25. The van der Waals surface area contributed by atoms with Gasteiger partial charge in [0.15, 0.2) is 0 Å². The number of carboxylic acids is 1. The number of benzene rings is 1. The second kappa shape index (κ2) is 7.58. The lowest BCUT2D eigenvalue weighted by molar-refractivity contribution is -0.137. The van der Waals surface area contributed by atoms with E-state index in [1.807, 2.05) is 24.3 Å². The Morgan fingerprint density at radius 2 is 2.17 bits per heavy atom. The average Bonchev–Trinajstić information content (AvgIpc) is 2.37. The summed E-state index contributed by atoms with van der Waals surface area (Å²) in [5.74, 6) is 0.0870. The molecular weight excluding hydrogens is 230 g/mol. The van der Waals surface area contributed by atoms with Crippen molar-refractivity contribution < 1.29 is 14.6 Å². The molecule has 0 aromatic heterocycles. The number of methoxy groups -OCH3 is 1. The number of carboxylic acid groups (broad SMARTS) is 1. The predicted octanol–water partition coefficient (Wildman–Crippen LogP) is 2.78. The van der Waals surface area contributed by atoms with Crippen molar-refractivity contribution in [1.29, 1.82) is 0 Å². The summed E-state index contributed by atoms with van der Waals surface area (Å²) in [7, 11) is 1.65. The molecule has 0 spiro atoms. The maximum Gasteiger partial charge on any atom is 0.303 e. The summed E-state index contributed by atoms with van der Waals surface area (Å²) in [5, 5.41) is 8.67. The summed E-state index contributed by atoms with van der Waals surface area (Å²) in [5.41, 5.74) is 1.08. The Bertz CT molecular complexity index is 379. The zero-order chi connectivity index (χ0) is 13.4. The lowest BCUT2D eigenvalue weighted by atomic mass is 10.2. The Morgan fingerprint density at radius 3 is 2.78 bits per heavy atom. The fraction of sp³-hybridized carbons (Fsp3) is 0.500. The second-order valence-electron chi connectivity index (χ2n) is 4.19. The molecule has 0 saturated carbocycles. The molecule has 1 aromatic carbocycles. The third-order valence-electron chi connectivity index (χ3n) is 2.73. The van der Waals surface area contributed by atoms with Crippen LogP contribution in [-0.2, 0) is 4.79 Å². The number of aliphatic carboxylic acids is 1. The fourth-order valence-electron chi connectivity index (χ4n) is 1.87. The number of hydrogen-bond donors (Lipinski definition) is 1. The highest BCUT2D eigenvalue weighted by Gasteiger charge is 2.07. The van der Waals surface area contributed by atoms with Crippen molar-refractivity contribution in [2.45, 2.75) is 26.2 Å². The van der Waals surface area contributed by atoms with E-state index in [9.17, 15) is 4.79 Å². The van der Waals surface area contributed by atoms with Gasteiger partial charge in [-0.3, -0.25) is 4.79 Å². The van der Waals surface area contributed by atoms with Crippen molar-refractivity contribution in [3.63, 3.8) is 0 Å². The highest BCUT2D eigenvalue weighted by Crippen LogP contribution is 2.21. The molecule has 0 unspecified atom stereocenters. The minimum Gasteiger partial charge on any atom is -0.497 e. The molecule has 0 radical (unpaired) electrons. The van der Waals surface area contributed by atoms with E-state index in [2.05, 4.69) is 11.8 Å². The van der Waals surface area contributed by atoms with Crippen molar-refractivity contribution in [1.82, 2.24) is 0 Å². The van der Waals surface area contributed by atoms with Crippen molar-refractivity contribution in [3.05, 3.63) is 24.3 Å². The smallest absolute Gasteiger partial charge is 0.303 e. The van der Waals surface area contributed by atoms with Crippen LogP contribution < -0.4 is 9.64 Å². The van der Waals surface area contributed by atoms with Gasteiger partial charge >= 0.3 is 5.97 Å². The largest absolute Gasteiger partial charge is 0.497 e. The van der Waals surface area contributed by atoms with Gasteiger partial charge in [0, 0.05) is 31.3 Å². The van der Waals surface area contributed by atoms with Crippen LogP contribution in [-0.4, -0.2) is 31.3 Å². The molecule has 18 heavy (non-hydrogen) atoms. The van der Waals surface area contributed by atoms with Gasteiger partial charge in [0.1, 0.15) is 5.75 Å². The molecule has 0 aliphatic rings. The zero-order valence-electron chi connectivity index (χ0n) is 11.1. The number of nitrogens with zero attached hydrogens (tertiary/aromatic N) is 1. The Labute approximate surface area is 108 Å². The minimum absolute atomic E-state index is 0.212. The van der Waals surface area contributed by atoms with Crippen LogP contribution in [0.2, 0.25) is 0 Å². The number of ether oxygens (including phenoxy) is 1. The Balaban J connectivity index is 2.66. The maximum absolute atomic E-state index is 10.5. The minimum atomic E-state index is -0.739. The molecule has 4 nitrogen and oxygen atoms in total. The third-order valence-corrected chi connectivity index (χ3v) is 2.73. The van der Waals surface area contributed by atoms with E-state index in [4.69, 9.17) is 9.84 Å². The van der Waals surface area contributed by atoms with E-state index in [-0.39, 0.29) is 6.42 Å². The van der Waals surface area contributed by atoms with Crippen LogP contribution in [0.4, 0.5) is 5.69 Å². The van der Waals surface area contributed by atoms with Crippen LogP contribution in [0.15, 0.2) is 24.3 Å². The lowest BCUT2D eigenvalue weighted by Gasteiger charge is -2.24. The topological polar surface area (TPSA) is 49.8 Å². The van der Waals surface area contributed by atoms with Crippen LogP contribution in [0, 0.1) is 0 Å². The van der Waals surface area contributed by atoms with E-state index >= 15 is 0 Å². The number of rotatable bonds is 8. The molecule has 0 aliphatic heterocycles. The first-order valence-electron chi connectivity index (χ1n) is 6.28. The van der Waals surface area contributed by atoms with Crippen LogP contribution >= 0.6 is 0 Å². The van der Waals surface area contributed by atoms with Gasteiger partial charge in [-0.25, -0.2) is 0 Å². The van der Waals surface area contributed by atoms with Crippen molar-refractivity contribution in [2.75, 3.05) is 25.1 Å². The summed E-state index contributed by atoms with van der Waals surface area (Å²) < 4.78 is 5.21. The third kappa shape index (κ3) is 4.65. The van der Waals surface area contributed by atoms with Gasteiger partial charge in [-0.05, 0) is 25.0 Å². The highest BCUT2D eigenvalue weighted by molar-refractivity contribution is 5.66. The number of carbonyl (C=O) groups is 1. The van der Waals surface area contributed by atoms with Crippen LogP contribution in [0.25, 0.3) is 0 Å². The summed E-state index contributed by atoms with van der Waals surface area (Å²) in [6.07, 6.45) is 1.90. The van der Waals surface area contributed by atoms with E-state index in [0.29, 0.717) is 6.42 Å². The molecule has 0 atom stereocenters. The zero-order valence-corrected chi connectivity index (χ0v) is 11.1. The summed E-state index contributed by atoms with van der Waals surface area (Å²) >= 11 is 0. The average molecular weight is 251 g/mol. The molecule has 1 rings (SSSR count). The molecule has 0 bridgehead atoms. The molecule has 0 saturated heterocycles. The Hall–Kier alpha value is -1.71. The van der Waals surface area contributed by atoms with E-state index in [1.165, 1.54) is 0 Å². The molecule has 1 aromatic rings. The van der Waals surface area contributed by atoms with Gasteiger partial charge in [-0.2, -0.15) is 0 Å². The molecule has 0 aliphatic carbocycles. The second-order valence-corrected chi connectivity index (χ2v) is 4.19. The molecule has 100 valence electrons. The molecule has 0 heterocycles. The normalized spacial score (nSPS) is 10.1. The summed E-state index contributed by atoms with van der Waals surface area (Å²) in [6.45, 7) is 3.80. The quantitative estimate of drug-likeness (QED) is 0.772. The molecule has 0 amide bonds. The van der Waals surface area contributed by atoms with Gasteiger partial charge in [0.25, 0.3) is 0 Å². The van der Waals surface area contributed by atoms with Gasteiger partial charge in [-0.15, -0.1) is 0 Å². The number of anilines is 1. The number of hydrogen-bond acceptors (Lipinski definition) is 3. The summed E-state index contributed by atoms with van der Waals surface area (Å²) in [4.78, 5) is 12.7. The van der Waals surface area contributed by atoms with Gasteiger partial charge in [0.05, 0.1) is 7.11 Å². The summed E-state index contributed by atoms with van der Waals surface area (Å²) in [6, 6.07) is 7.87. The molecule has 1 N–H and O–H groups in total. The van der Waals surface area contributed by atoms with Gasteiger partial charge < -0.3 is 14.7 Å². The van der Waals surface area contributed by atoms with Crippen LogP contribution in [0.1, 0.15) is 26.2 Å². The first kappa shape index (κ1) is 14.4. The molecular formula is C14H21NO3. The van der Waals surface area contributed by atoms with Crippen molar-refractivity contribution in [3.8, 4) is 5.75 Å². The van der Waals surface area contributed by atoms with Crippen molar-refractivity contribution >= 4 is 11.7 Å². The highest BCUT2D eigenvalue weighted by atomic mass is 16.5. The van der Waals surface area contributed by atoms with E-state index in [1.54, 1.807) is 7.11 Å². The first-order valence-corrected chi connectivity index (χ1v) is 6.28. The first-order chi connectivity index (χ1) is 8.67. The Kier molecular flexibility index (Phi) is 6.05. The van der Waals surface area contributed by atoms with E-state index < -0.39 is 5.97 Å². The monoisotopic (exact) mass is 251 g/mol. The SMILES string of the molecule is CCCN(CCCC(=O)O)c1cccc(OC)c1. The van der Waals surface area contributed by atoms with Crippen molar-refractivity contribution in [2.24, 2.45) is 0 Å². The van der Waals surface area contributed by atoms with Crippen LogP contribution in [0.5, 0.6) is 5.75 Å². The maximum atomic E-state index is 10.5. The van der Waals surface area contributed by atoms with Gasteiger partial charge in [-0.1, -0.05) is 13.0 Å². The molecule has 4 heteroatoms. The predicted molar refractivity (Wildman–Crippen MR) is 72.4 cm³/mol. The fourth-order valence-corrected chi connectivity index (χ4v) is 1.87. The van der Waals surface area contributed by atoms with E-state index in [0.717, 1.165) is 30.9 Å². The van der Waals surface area contributed by atoms with Gasteiger partial charge in [0.2, 0.25) is 0 Å². The Morgan fingerprint density at radius 1 is 1.39 bits per heavy atom. The molecule has 0 fully saturated rings. The standard InChI is InChI=1S/C14H21NO3/c1-3-9-15(10-5-8-14(16)17)12-6-4-7-13(11-12)18-2/h4,6-7,11H,3,5,8-10H2,1-2H3,(H,16,17). The van der Waals surface area contributed by atoms with Crippen LogP contribution in [0.3, 0.4) is 0 Å².